The molecular weight excluding hydrogens is 186 g/mol. The molecule has 15 heavy (non-hydrogen) atoms. The van der Waals surface area contributed by atoms with Crippen LogP contribution in [-0.4, -0.2) is 12.6 Å². The predicted molar refractivity (Wildman–Crippen MR) is 62.4 cm³/mol. The van der Waals surface area contributed by atoms with Gasteiger partial charge in [-0.3, -0.25) is 0 Å². The van der Waals surface area contributed by atoms with E-state index >= 15 is 0 Å². The summed E-state index contributed by atoms with van der Waals surface area (Å²) in [6, 6.07) is 5.25. The molecule has 0 saturated carbocycles. The van der Waals surface area contributed by atoms with E-state index in [4.69, 9.17) is 4.74 Å². The topological polar surface area (TPSA) is 21.3 Å². The van der Waals surface area contributed by atoms with Crippen molar-refractivity contribution < 1.29 is 4.74 Å². The zero-order chi connectivity index (χ0) is 11.0. The molecule has 2 nitrogen and oxygen atoms in total. The minimum Gasteiger partial charge on any atom is -0.491 e. The number of fused-ring (bicyclic) bond motifs is 1. The molecule has 1 N–H and O–H groups in total. The molecule has 1 aromatic carbocycles. The Hall–Kier alpha value is -1.02. The molecule has 2 heteroatoms. The maximum atomic E-state index is 5.69. The van der Waals surface area contributed by atoms with Crippen molar-refractivity contribution in [2.24, 2.45) is 0 Å². The van der Waals surface area contributed by atoms with Gasteiger partial charge in [-0.1, -0.05) is 19.9 Å². The molecule has 82 valence electrons. The molecule has 0 amide bonds. The summed E-state index contributed by atoms with van der Waals surface area (Å²) in [6.07, 6.45) is 0. The average Bonchev–Trinajstić information content (AvgIpc) is 2.49. The lowest BCUT2D eigenvalue weighted by Gasteiger charge is -2.15. The zero-order valence-corrected chi connectivity index (χ0v) is 9.92. The van der Waals surface area contributed by atoms with Gasteiger partial charge in [-0.05, 0) is 31.0 Å². The van der Waals surface area contributed by atoms with Gasteiger partial charge in [-0.15, -0.1) is 0 Å². The van der Waals surface area contributed by atoms with Crippen molar-refractivity contribution in [1.29, 1.82) is 0 Å². The Morgan fingerprint density at radius 1 is 1.27 bits per heavy atom. The van der Waals surface area contributed by atoms with E-state index in [9.17, 15) is 0 Å². The van der Waals surface area contributed by atoms with Crippen LogP contribution in [0.4, 0.5) is 0 Å². The Morgan fingerprint density at radius 3 is 2.60 bits per heavy atom. The first-order valence-corrected chi connectivity index (χ1v) is 5.58. The number of rotatable bonds is 2. The van der Waals surface area contributed by atoms with Gasteiger partial charge in [0.05, 0.1) is 6.04 Å². The van der Waals surface area contributed by atoms with E-state index in [1.807, 2.05) is 0 Å². The van der Waals surface area contributed by atoms with Crippen LogP contribution in [0.15, 0.2) is 12.1 Å². The molecule has 2 rings (SSSR count). The standard InChI is InChI=1S/C13H19NO/c1-8(2)14-12-7-15-13-6-10(4)9(3)5-11(12)13/h5-6,8,12,14H,7H2,1-4H3. The van der Waals surface area contributed by atoms with Crippen LogP contribution in [0.25, 0.3) is 0 Å². The summed E-state index contributed by atoms with van der Waals surface area (Å²) in [6.45, 7) is 9.37. The summed E-state index contributed by atoms with van der Waals surface area (Å²) in [4.78, 5) is 0. The Bertz CT molecular complexity index is 371. The summed E-state index contributed by atoms with van der Waals surface area (Å²) in [5.41, 5.74) is 3.96. The molecule has 1 heterocycles. The highest BCUT2D eigenvalue weighted by Crippen LogP contribution is 2.34. The second-order valence-electron chi connectivity index (χ2n) is 4.66. The van der Waals surface area contributed by atoms with E-state index in [0.717, 1.165) is 12.4 Å². The Morgan fingerprint density at radius 2 is 1.93 bits per heavy atom. The third-order valence-electron chi connectivity index (χ3n) is 2.94. The minimum atomic E-state index is 0.360. The Kier molecular flexibility index (Phi) is 2.70. The Labute approximate surface area is 91.6 Å². The molecule has 0 saturated heterocycles. The fourth-order valence-corrected chi connectivity index (χ4v) is 2.01. The third kappa shape index (κ3) is 2.00. The molecule has 0 fully saturated rings. The lowest BCUT2D eigenvalue weighted by molar-refractivity contribution is 0.303. The van der Waals surface area contributed by atoms with E-state index in [-0.39, 0.29) is 0 Å². The number of ether oxygens (including phenoxy) is 1. The highest BCUT2D eigenvalue weighted by molar-refractivity contribution is 5.45. The number of hydrogen-bond acceptors (Lipinski definition) is 2. The van der Waals surface area contributed by atoms with Crippen molar-refractivity contribution in [3.8, 4) is 5.75 Å². The summed E-state index contributed by atoms with van der Waals surface area (Å²) < 4.78 is 5.69. The van der Waals surface area contributed by atoms with Gasteiger partial charge in [0.15, 0.2) is 0 Å². The lowest BCUT2D eigenvalue weighted by Crippen LogP contribution is -2.29. The van der Waals surface area contributed by atoms with Crippen LogP contribution in [0.5, 0.6) is 5.75 Å². The first kappa shape index (κ1) is 10.5. The van der Waals surface area contributed by atoms with Crippen LogP contribution in [0.1, 0.15) is 36.6 Å². The van der Waals surface area contributed by atoms with Gasteiger partial charge in [0.25, 0.3) is 0 Å². The van der Waals surface area contributed by atoms with Crippen molar-refractivity contribution >= 4 is 0 Å². The number of nitrogens with one attached hydrogen (secondary N) is 1. The first-order valence-electron chi connectivity index (χ1n) is 5.58. The minimum absolute atomic E-state index is 0.360. The van der Waals surface area contributed by atoms with E-state index in [1.54, 1.807) is 0 Å². The molecule has 0 aliphatic carbocycles. The molecule has 1 aliphatic rings. The largest absolute Gasteiger partial charge is 0.491 e. The molecule has 1 unspecified atom stereocenters. The highest BCUT2D eigenvalue weighted by Gasteiger charge is 2.24. The third-order valence-corrected chi connectivity index (χ3v) is 2.94. The van der Waals surface area contributed by atoms with Gasteiger partial charge in [0.1, 0.15) is 12.4 Å². The summed E-state index contributed by atoms with van der Waals surface area (Å²) in [5, 5.41) is 3.52. The number of hydrogen-bond donors (Lipinski definition) is 1. The second-order valence-corrected chi connectivity index (χ2v) is 4.66. The zero-order valence-electron chi connectivity index (χ0n) is 9.92. The summed E-state index contributed by atoms with van der Waals surface area (Å²) in [5.74, 6) is 1.05. The molecular formula is C13H19NO. The molecule has 0 spiro atoms. The average molecular weight is 205 g/mol. The van der Waals surface area contributed by atoms with E-state index in [2.05, 4.69) is 45.1 Å². The van der Waals surface area contributed by atoms with Gasteiger partial charge in [0.2, 0.25) is 0 Å². The van der Waals surface area contributed by atoms with Crippen molar-refractivity contribution in [1.82, 2.24) is 5.32 Å². The van der Waals surface area contributed by atoms with Crippen molar-refractivity contribution in [2.75, 3.05) is 6.61 Å². The second kappa shape index (κ2) is 3.86. The Balaban J connectivity index is 2.30. The van der Waals surface area contributed by atoms with Crippen LogP contribution in [0, 0.1) is 13.8 Å². The molecule has 1 atom stereocenters. The molecule has 0 bridgehead atoms. The van der Waals surface area contributed by atoms with Crippen LogP contribution in [0.3, 0.4) is 0 Å². The smallest absolute Gasteiger partial charge is 0.124 e. The SMILES string of the molecule is Cc1cc2c(cc1C)C(NC(C)C)CO2. The van der Waals surface area contributed by atoms with Crippen LogP contribution < -0.4 is 10.1 Å². The highest BCUT2D eigenvalue weighted by atomic mass is 16.5. The molecule has 0 radical (unpaired) electrons. The fraction of sp³-hybridized carbons (Fsp3) is 0.538. The molecule has 1 aromatic rings. The van der Waals surface area contributed by atoms with Gasteiger partial charge >= 0.3 is 0 Å². The normalized spacial score (nSPS) is 19.1. The first-order chi connectivity index (χ1) is 7.08. The van der Waals surface area contributed by atoms with E-state index in [1.165, 1.54) is 16.7 Å². The van der Waals surface area contributed by atoms with Gasteiger partial charge in [0, 0.05) is 11.6 Å². The van der Waals surface area contributed by atoms with E-state index in [0.29, 0.717) is 12.1 Å². The number of aryl methyl sites for hydroxylation is 2. The maximum absolute atomic E-state index is 5.69. The van der Waals surface area contributed by atoms with Gasteiger partial charge < -0.3 is 10.1 Å². The van der Waals surface area contributed by atoms with Gasteiger partial charge in [-0.25, -0.2) is 0 Å². The van der Waals surface area contributed by atoms with Crippen LogP contribution in [-0.2, 0) is 0 Å². The lowest BCUT2D eigenvalue weighted by atomic mass is 10.0. The monoisotopic (exact) mass is 205 g/mol. The number of benzene rings is 1. The van der Waals surface area contributed by atoms with Gasteiger partial charge in [-0.2, -0.15) is 0 Å². The van der Waals surface area contributed by atoms with Crippen LogP contribution in [0.2, 0.25) is 0 Å². The fourth-order valence-electron chi connectivity index (χ4n) is 2.01. The van der Waals surface area contributed by atoms with Crippen molar-refractivity contribution in [3.63, 3.8) is 0 Å². The van der Waals surface area contributed by atoms with E-state index < -0.39 is 0 Å². The molecule has 1 aliphatic heterocycles. The molecule has 0 aromatic heterocycles. The summed E-state index contributed by atoms with van der Waals surface area (Å²) >= 11 is 0. The quantitative estimate of drug-likeness (QED) is 0.801. The predicted octanol–water partition coefficient (Wildman–Crippen LogP) is 2.73. The maximum Gasteiger partial charge on any atom is 0.124 e. The van der Waals surface area contributed by atoms with Crippen molar-refractivity contribution in [3.05, 3.63) is 28.8 Å². The van der Waals surface area contributed by atoms with Crippen molar-refractivity contribution in [2.45, 2.75) is 39.8 Å². The summed E-state index contributed by atoms with van der Waals surface area (Å²) in [7, 11) is 0. The van der Waals surface area contributed by atoms with Crippen LogP contribution >= 0.6 is 0 Å².